The van der Waals surface area contributed by atoms with E-state index in [0.717, 1.165) is 24.0 Å². The quantitative estimate of drug-likeness (QED) is 0.847. The molecule has 0 fully saturated rings. The van der Waals surface area contributed by atoms with Crippen molar-refractivity contribution in [3.05, 3.63) is 30.1 Å². The zero-order valence-corrected chi connectivity index (χ0v) is 11.3. The number of aryl methyl sites for hydroxylation is 1. The van der Waals surface area contributed by atoms with E-state index in [1.165, 1.54) is 5.56 Å². The maximum absolute atomic E-state index is 8.99. The SMILES string of the molecule is Cn1cnc2cc(CNC(C)(C)CCO)ccc21. The molecule has 2 aromatic rings. The number of fused-ring (bicyclic) bond motifs is 1. The molecular formula is C14H21N3O. The van der Waals surface area contributed by atoms with Crippen molar-refractivity contribution < 1.29 is 5.11 Å². The van der Waals surface area contributed by atoms with Crippen molar-refractivity contribution in [2.75, 3.05) is 6.61 Å². The van der Waals surface area contributed by atoms with Gasteiger partial charge >= 0.3 is 0 Å². The summed E-state index contributed by atoms with van der Waals surface area (Å²) >= 11 is 0. The molecule has 0 amide bonds. The van der Waals surface area contributed by atoms with Gasteiger partial charge in [-0.1, -0.05) is 6.07 Å². The molecule has 0 radical (unpaired) electrons. The van der Waals surface area contributed by atoms with Gasteiger partial charge in [0.1, 0.15) is 0 Å². The summed E-state index contributed by atoms with van der Waals surface area (Å²) in [4.78, 5) is 4.35. The van der Waals surface area contributed by atoms with Crippen molar-refractivity contribution in [1.82, 2.24) is 14.9 Å². The summed E-state index contributed by atoms with van der Waals surface area (Å²) in [5.74, 6) is 0. The molecule has 0 saturated heterocycles. The topological polar surface area (TPSA) is 50.1 Å². The first-order valence-corrected chi connectivity index (χ1v) is 6.28. The van der Waals surface area contributed by atoms with Gasteiger partial charge in [0.05, 0.1) is 17.4 Å². The molecule has 0 atom stereocenters. The molecule has 18 heavy (non-hydrogen) atoms. The molecule has 4 heteroatoms. The van der Waals surface area contributed by atoms with Crippen LogP contribution in [0.5, 0.6) is 0 Å². The van der Waals surface area contributed by atoms with Crippen LogP contribution in [0.1, 0.15) is 25.8 Å². The first kappa shape index (κ1) is 13.1. The Balaban J connectivity index is 2.08. The minimum absolute atomic E-state index is 0.0478. The minimum Gasteiger partial charge on any atom is -0.396 e. The van der Waals surface area contributed by atoms with Gasteiger partial charge in [-0.05, 0) is 38.0 Å². The molecule has 0 aliphatic rings. The van der Waals surface area contributed by atoms with Crippen LogP contribution in [0.2, 0.25) is 0 Å². The Labute approximate surface area is 108 Å². The number of rotatable bonds is 5. The molecule has 0 aliphatic heterocycles. The van der Waals surface area contributed by atoms with Crippen LogP contribution >= 0.6 is 0 Å². The van der Waals surface area contributed by atoms with E-state index in [9.17, 15) is 0 Å². The molecular weight excluding hydrogens is 226 g/mol. The van der Waals surface area contributed by atoms with Gasteiger partial charge in [0, 0.05) is 25.7 Å². The number of aromatic nitrogens is 2. The van der Waals surface area contributed by atoms with Crippen LogP contribution in [-0.4, -0.2) is 26.8 Å². The number of aliphatic hydroxyl groups excluding tert-OH is 1. The van der Waals surface area contributed by atoms with Crippen molar-refractivity contribution in [2.45, 2.75) is 32.4 Å². The van der Waals surface area contributed by atoms with E-state index in [4.69, 9.17) is 5.11 Å². The lowest BCUT2D eigenvalue weighted by Crippen LogP contribution is -2.39. The highest BCUT2D eigenvalue weighted by molar-refractivity contribution is 5.75. The van der Waals surface area contributed by atoms with E-state index in [-0.39, 0.29) is 12.1 Å². The zero-order valence-electron chi connectivity index (χ0n) is 11.3. The van der Waals surface area contributed by atoms with Crippen LogP contribution in [0.4, 0.5) is 0 Å². The van der Waals surface area contributed by atoms with Crippen LogP contribution in [0, 0.1) is 0 Å². The van der Waals surface area contributed by atoms with E-state index in [1.807, 2.05) is 17.9 Å². The fraction of sp³-hybridized carbons (Fsp3) is 0.500. The Morgan fingerprint density at radius 3 is 2.89 bits per heavy atom. The monoisotopic (exact) mass is 247 g/mol. The zero-order chi connectivity index (χ0) is 13.2. The Morgan fingerprint density at radius 1 is 1.39 bits per heavy atom. The average Bonchev–Trinajstić information content (AvgIpc) is 2.68. The van der Waals surface area contributed by atoms with Crippen molar-refractivity contribution in [3.63, 3.8) is 0 Å². The van der Waals surface area contributed by atoms with Crippen molar-refractivity contribution in [2.24, 2.45) is 7.05 Å². The summed E-state index contributed by atoms with van der Waals surface area (Å²) < 4.78 is 2.02. The fourth-order valence-electron chi connectivity index (χ4n) is 2.00. The smallest absolute Gasteiger partial charge is 0.0955 e. The Kier molecular flexibility index (Phi) is 3.68. The number of aliphatic hydroxyl groups is 1. The maximum atomic E-state index is 8.99. The molecule has 1 aromatic carbocycles. The van der Waals surface area contributed by atoms with Crippen molar-refractivity contribution in [1.29, 1.82) is 0 Å². The standard InChI is InChI=1S/C14H21N3O/c1-14(2,6-7-18)16-9-11-4-5-13-12(8-11)15-10-17(13)3/h4-5,8,10,16,18H,6-7,9H2,1-3H3. The van der Waals surface area contributed by atoms with E-state index in [0.29, 0.717) is 0 Å². The highest BCUT2D eigenvalue weighted by Crippen LogP contribution is 2.15. The number of nitrogens with zero attached hydrogens (tertiary/aromatic N) is 2. The number of imidazole rings is 1. The van der Waals surface area contributed by atoms with Gasteiger partial charge in [-0.15, -0.1) is 0 Å². The summed E-state index contributed by atoms with van der Waals surface area (Å²) in [6.45, 7) is 5.20. The normalized spacial score (nSPS) is 12.2. The van der Waals surface area contributed by atoms with Gasteiger partial charge in [-0.25, -0.2) is 4.98 Å². The van der Waals surface area contributed by atoms with Gasteiger partial charge in [0.2, 0.25) is 0 Å². The summed E-state index contributed by atoms with van der Waals surface area (Å²) in [5, 5.41) is 12.4. The number of benzene rings is 1. The van der Waals surface area contributed by atoms with Crippen LogP contribution in [0.25, 0.3) is 11.0 Å². The molecule has 2 N–H and O–H groups in total. The minimum atomic E-state index is -0.0478. The summed E-state index contributed by atoms with van der Waals surface area (Å²) in [7, 11) is 2.00. The highest BCUT2D eigenvalue weighted by atomic mass is 16.3. The van der Waals surface area contributed by atoms with E-state index in [1.54, 1.807) is 0 Å². The van der Waals surface area contributed by atoms with Crippen LogP contribution in [0.3, 0.4) is 0 Å². The van der Waals surface area contributed by atoms with Gasteiger partial charge in [-0.2, -0.15) is 0 Å². The predicted molar refractivity (Wildman–Crippen MR) is 73.3 cm³/mol. The fourth-order valence-corrected chi connectivity index (χ4v) is 2.00. The molecule has 0 saturated carbocycles. The molecule has 98 valence electrons. The number of nitrogens with one attached hydrogen (secondary N) is 1. The predicted octanol–water partition coefficient (Wildman–Crippen LogP) is 1.82. The van der Waals surface area contributed by atoms with Crippen molar-refractivity contribution >= 4 is 11.0 Å². The number of hydrogen-bond donors (Lipinski definition) is 2. The summed E-state index contributed by atoms with van der Waals surface area (Å²) in [6, 6.07) is 6.32. The van der Waals surface area contributed by atoms with Gasteiger partial charge in [0.15, 0.2) is 0 Å². The molecule has 0 bridgehead atoms. The van der Waals surface area contributed by atoms with Crippen LogP contribution < -0.4 is 5.32 Å². The molecule has 0 unspecified atom stereocenters. The third kappa shape index (κ3) is 2.89. The molecule has 0 spiro atoms. The largest absolute Gasteiger partial charge is 0.396 e. The molecule has 4 nitrogen and oxygen atoms in total. The summed E-state index contributed by atoms with van der Waals surface area (Å²) in [6.07, 6.45) is 2.58. The summed E-state index contributed by atoms with van der Waals surface area (Å²) in [5.41, 5.74) is 3.34. The first-order valence-electron chi connectivity index (χ1n) is 6.28. The van der Waals surface area contributed by atoms with Crippen LogP contribution in [0.15, 0.2) is 24.5 Å². The Bertz CT molecular complexity index is 531. The molecule has 0 aliphatic carbocycles. The second kappa shape index (κ2) is 5.08. The second-order valence-corrected chi connectivity index (χ2v) is 5.39. The Hall–Kier alpha value is -1.39. The average molecular weight is 247 g/mol. The lowest BCUT2D eigenvalue weighted by Gasteiger charge is -2.25. The van der Waals surface area contributed by atoms with Crippen molar-refractivity contribution in [3.8, 4) is 0 Å². The third-order valence-corrected chi connectivity index (χ3v) is 3.30. The number of hydrogen-bond acceptors (Lipinski definition) is 3. The molecule has 1 aromatic heterocycles. The molecule has 2 rings (SSSR count). The van der Waals surface area contributed by atoms with Gasteiger partial charge < -0.3 is 15.0 Å². The third-order valence-electron chi connectivity index (χ3n) is 3.30. The van der Waals surface area contributed by atoms with Crippen LogP contribution in [-0.2, 0) is 13.6 Å². The lowest BCUT2D eigenvalue weighted by atomic mass is 10.0. The second-order valence-electron chi connectivity index (χ2n) is 5.39. The lowest BCUT2D eigenvalue weighted by molar-refractivity contribution is 0.230. The molecule has 1 heterocycles. The van der Waals surface area contributed by atoms with E-state index in [2.05, 4.69) is 42.3 Å². The van der Waals surface area contributed by atoms with E-state index >= 15 is 0 Å². The highest BCUT2D eigenvalue weighted by Gasteiger charge is 2.15. The maximum Gasteiger partial charge on any atom is 0.0955 e. The van der Waals surface area contributed by atoms with Gasteiger partial charge in [-0.3, -0.25) is 0 Å². The van der Waals surface area contributed by atoms with Gasteiger partial charge in [0.25, 0.3) is 0 Å². The first-order chi connectivity index (χ1) is 8.52. The van der Waals surface area contributed by atoms with E-state index < -0.39 is 0 Å². The Morgan fingerprint density at radius 2 is 2.17 bits per heavy atom.